The summed E-state index contributed by atoms with van der Waals surface area (Å²) in [7, 11) is 1.45. The van der Waals surface area contributed by atoms with Crippen LogP contribution in [0.15, 0.2) is 42.5 Å². The van der Waals surface area contributed by atoms with Crippen molar-refractivity contribution in [3.8, 4) is 11.5 Å². The van der Waals surface area contributed by atoms with Crippen molar-refractivity contribution < 1.29 is 19.4 Å². The Hall–Kier alpha value is -3.02. The number of ether oxygens (including phenoxy) is 1. The molecule has 0 spiro atoms. The Labute approximate surface area is 152 Å². The van der Waals surface area contributed by atoms with E-state index in [-0.39, 0.29) is 30.2 Å². The molecule has 1 aliphatic rings. The van der Waals surface area contributed by atoms with Gasteiger partial charge in [0.2, 0.25) is 5.91 Å². The van der Waals surface area contributed by atoms with Gasteiger partial charge in [0.1, 0.15) is 6.54 Å². The van der Waals surface area contributed by atoms with Crippen LogP contribution in [0.3, 0.4) is 0 Å². The molecular weight excluding hydrogens is 332 g/mol. The zero-order valence-electron chi connectivity index (χ0n) is 15.1. The molecule has 0 radical (unpaired) electrons. The lowest BCUT2D eigenvalue weighted by Crippen LogP contribution is -2.57. The SMILES string of the molecule is COc1ccc(C(=O)N2CC(=O)N(c3ccccc3C)C[C@H]2C)cc1O. The van der Waals surface area contributed by atoms with E-state index < -0.39 is 0 Å². The predicted molar refractivity (Wildman–Crippen MR) is 98.7 cm³/mol. The van der Waals surface area contributed by atoms with Crippen molar-refractivity contribution in [2.24, 2.45) is 0 Å². The monoisotopic (exact) mass is 354 g/mol. The number of carbonyl (C=O) groups is 2. The van der Waals surface area contributed by atoms with Crippen LogP contribution in [0.25, 0.3) is 0 Å². The van der Waals surface area contributed by atoms with Crippen LogP contribution in [-0.4, -0.2) is 48.1 Å². The highest BCUT2D eigenvalue weighted by Gasteiger charge is 2.34. The second-order valence-corrected chi connectivity index (χ2v) is 6.46. The second kappa shape index (κ2) is 7.07. The quantitative estimate of drug-likeness (QED) is 0.920. The normalized spacial score (nSPS) is 17.3. The first-order chi connectivity index (χ1) is 12.4. The van der Waals surface area contributed by atoms with Gasteiger partial charge < -0.3 is 19.6 Å². The number of anilines is 1. The molecule has 1 N–H and O–H groups in total. The first kappa shape index (κ1) is 17.8. The molecule has 0 bridgehead atoms. The topological polar surface area (TPSA) is 70.1 Å². The molecule has 0 aliphatic carbocycles. The van der Waals surface area contributed by atoms with Gasteiger partial charge in [-0.3, -0.25) is 9.59 Å². The molecule has 6 heteroatoms. The molecule has 0 aromatic heterocycles. The highest BCUT2D eigenvalue weighted by atomic mass is 16.5. The van der Waals surface area contributed by atoms with E-state index in [1.807, 2.05) is 38.1 Å². The number of hydrogen-bond donors (Lipinski definition) is 1. The Morgan fingerprint density at radius 2 is 1.96 bits per heavy atom. The summed E-state index contributed by atoms with van der Waals surface area (Å²) < 4.78 is 5.00. The van der Waals surface area contributed by atoms with E-state index in [0.29, 0.717) is 17.9 Å². The predicted octanol–water partition coefficient (Wildman–Crippen LogP) is 2.59. The van der Waals surface area contributed by atoms with Crippen LogP contribution >= 0.6 is 0 Å². The molecule has 3 rings (SSSR count). The lowest BCUT2D eigenvalue weighted by Gasteiger charge is -2.40. The molecule has 26 heavy (non-hydrogen) atoms. The second-order valence-electron chi connectivity index (χ2n) is 6.46. The van der Waals surface area contributed by atoms with Crippen LogP contribution in [0.5, 0.6) is 11.5 Å². The van der Waals surface area contributed by atoms with Crippen LogP contribution in [0, 0.1) is 6.92 Å². The number of amides is 2. The largest absolute Gasteiger partial charge is 0.504 e. The fourth-order valence-electron chi connectivity index (χ4n) is 3.21. The number of hydrogen-bond acceptors (Lipinski definition) is 4. The minimum absolute atomic E-state index is 0.00112. The summed E-state index contributed by atoms with van der Waals surface area (Å²) in [5.74, 6) is -0.206. The lowest BCUT2D eigenvalue weighted by molar-refractivity contribution is -0.121. The summed E-state index contributed by atoms with van der Waals surface area (Å²) in [6, 6.07) is 12.1. The number of aromatic hydroxyl groups is 1. The van der Waals surface area contributed by atoms with Crippen LogP contribution in [-0.2, 0) is 4.79 Å². The number of methoxy groups -OCH3 is 1. The first-order valence-electron chi connectivity index (χ1n) is 8.46. The number of rotatable bonds is 3. The number of nitrogens with zero attached hydrogens (tertiary/aromatic N) is 2. The third-order valence-electron chi connectivity index (χ3n) is 4.68. The van der Waals surface area contributed by atoms with E-state index in [0.717, 1.165) is 11.3 Å². The smallest absolute Gasteiger partial charge is 0.254 e. The van der Waals surface area contributed by atoms with Crippen LogP contribution in [0.1, 0.15) is 22.8 Å². The Balaban J connectivity index is 1.81. The van der Waals surface area contributed by atoms with Crippen molar-refractivity contribution in [2.75, 3.05) is 25.1 Å². The number of para-hydroxylation sites is 1. The molecule has 136 valence electrons. The molecule has 2 aromatic carbocycles. The van der Waals surface area contributed by atoms with E-state index in [4.69, 9.17) is 4.74 Å². The Morgan fingerprint density at radius 1 is 1.23 bits per heavy atom. The molecule has 6 nitrogen and oxygen atoms in total. The Morgan fingerprint density at radius 3 is 2.62 bits per heavy atom. The fraction of sp³-hybridized carbons (Fsp3) is 0.300. The standard InChI is InChI=1S/C20H22N2O4/c1-13-6-4-5-7-16(13)22-11-14(2)21(12-19(22)24)20(25)15-8-9-18(26-3)17(23)10-15/h4-10,14,23H,11-12H2,1-3H3/t14-/m1/s1. The number of phenols is 1. The zero-order valence-corrected chi connectivity index (χ0v) is 15.1. The van der Waals surface area contributed by atoms with Gasteiger partial charge in [0.15, 0.2) is 11.5 Å². The average molecular weight is 354 g/mol. The fourth-order valence-corrected chi connectivity index (χ4v) is 3.21. The maximum atomic E-state index is 12.8. The lowest BCUT2D eigenvalue weighted by atomic mass is 10.1. The van der Waals surface area contributed by atoms with E-state index in [9.17, 15) is 14.7 Å². The van der Waals surface area contributed by atoms with Crippen molar-refractivity contribution in [3.05, 3.63) is 53.6 Å². The average Bonchev–Trinajstić information content (AvgIpc) is 2.63. The highest BCUT2D eigenvalue weighted by Crippen LogP contribution is 2.28. The van der Waals surface area contributed by atoms with Crippen molar-refractivity contribution in [2.45, 2.75) is 19.9 Å². The van der Waals surface area contributed by atoms with Gasteiger partial charge in [0.25, 0.3) is 5.91 Å². The molecular formula is C20H22N2O4. The number of piperazine rings is 1. The molecule has 1 atom stereocenters. The van der Waals surface area contributed by atoms with Crippen molar-refractivity contribution in [1.82, 2.24) is 4.90 Å². The van der Waals surface area contributed by atoms with Crippen molar-refractivity contribution >= 4 is 17.5 Å². The zero-order chi connectivity index (χ0) is 18.8. The van der Waals surface area contributed by atoms with Crippen LogP contribution in [0.4, 0.5) is 5.69 Å². The number of phenolic OH excluding ortho intramolecular Hbond substituents is 1. The van der Waals surface area contributed by atoms with E-state index in [1.54, 1.807) is 21.9 Å². The summed E-state index contributed by atoms with van der Waals surface area (Å²) in [4.78, 5) is 28.8. The molecule has 1 saturated heterocycles. The van der Waals surface area contributed by atoms with Crippen LogP contribution < -0.4 is 9.64 Å². The summed E-state index contributed by atoms with van der Waals surface area (Å²) in [5.41, 5.74) is 2.22. The Bertz CT molecular complexity index is 849. The molecule has 0 saturated carbocycles. The number of aryl methyl sites for hydroxylation is 1. The van der Waals surface area contributed by atoms with Gasteiger partial charge in [-0.05, 0) is 43.7 Å². The van der Waals surface area contributed by atoms with Gasteiger partial charge in [-0.1, -0.05) is 18.2 Å². The van der Waals surface area contributed by atoms with Gasteiger partial charge in [-0.2, -0.15) is 0 Å². The van der Waals surface area contributed by atoms with E-state index >= 15 is 0 Å². The summed E-state index contributed by atoms with van der Waals surface area (Å²) in [5, 5.41) is 9.91. The van der Waals surface area contributed by atoms with Gasteiger partial charge >= 0.3 is 0 Å². The molecule has 1 fully saturated rings. The summed E-state index contributed by atoms with van der Waals surface area (Å²) in [6.07, 6.45) is 0. The van der Waals surface area contributed by atoms with Crippen molar-refractivity contribution in [1.29, 1.82) is 0 Å². The maximum absolute atomic E-state index is 12.8. The minimum Gasteiger partial charge on any atom is -0.504 e. The molecule has 1 heterocycles. The molecule has 1 aliphatic heterocycles. The van der Waals surface area contributed by atoms with Gasteiger partial charge in [0.05, 0.1) is 7.11 Å². The first-order valence-corrected chi connectivity index (χ1v) is 8.46. The van der Waals surface area contributed by atoms with Gasteiger partial charge in [-0.15, -0.1) is 0 Å². The summed E-state index contributed by atoms with van der Waals surface area (Å²) >= 11 is 0. The molecule has 0 unspecified atom stereocenters. The van der Waals surface area contributed by atoms with Crippen LogP contribution in [0.2, 0.25) is 0 Å². The van der Waals surface area contributed by atoms with Gasteiger partial charge in [0, 0.05) is 23.8 Å². The summed E-state index contributed by atoms with van der Waals surface area (Å²) in [6.45, 7) is 4.31. The third kappa shape index (κ3) is 3.22. The number of benzene rings is 2. The Kier molecular flexibility index (Phi) is 4.84. The molecule has 2 aromatic rings. The maximum Gasteiger partial charge on any atom is 0.254 e. The molecule has 2 amide bonds. The van der Waals surface area contributed by atoms with Crippen molar-refractivity contribution in [3.63, 3.8) is 0 Å². The van der Waals surface area contributed by atoms with E-state index in [1.165, 1.54) is 13.2 Å². The minimum atomic E-state index is -0.284. The third-order valence-corrected chi connectivity index (χ3v) is 4.68. The van der Waals surface area contributed by atoms with E-state index in [2.05, 4.69) is 0 Å². The highest BCUT2D eigenvalue weighted by molar-refractivity contribution is 6.02. The number of carbonyl (C=O) groups excluding carboxylic acids is 2. The van der Waals surface area contributed by atoms with Gasteiger partial charge in [-0.25, -0.2) is 0 Å².